The van der Waals surface area contributed by atoms with Crippen LogP contribution in [-0.2, 0) is 8.85 Å². The smallest absolute Gasteiger partial charge is 0.337 e. The Labute approximate surface area is 122 Å². The molecule has 116 valence electrons. The molecule has 0 aliphatic carbocycles. The van der Waals surface area contributed by atoms with Gasteiger partial charge in [0, 0.05) is 12.7 Å². The molecular weight excluding hydrogens is 252 g/mol. The fraction of sp³-hybridized carbons (Fsp3) is 1.00. The lowest BCUT2D eigenvalue weighted by molar-refractivity contribution is 0.0788. The Morgan fingerprint density at radius 1 is 0.895 bits per heavy atom. The Kier molecular flexibility index (Phi) is 10.9. The molecule has 0 aliphatic rings. The van der Waals surface area contributed by atoms with Crippen LogP contribution in [0, 0.1) is 5.92 Å². The first kappa shape index (κ1) is 19.1. The molecule has 0 aliphatic heterocycles. The number of hydrogen-bond acceptors (Lipinski definition) is 2. The maximum Gasteiger partial charge on any atom is 0.337 e. The Morgan fingerprint density at radius 3 is 1.95 bits per heavy atom. The molecule has 0 amide bonds. The van der Waals surface area contributed by atoms with E-state index in [0.717, 1.165) is 25.1 Å². The molecule has 0 spiro atoms. The lowest BCUT2D eigenvalue weighted by atomic mass is 10.1. The van der Waals surface area contributed by atoms with Crippen molar-refractivity contribution in [1.29, 1.82) is 0 Å². The summed E-state index contributed by atoms with van der Waals surface area (Å²) in [5.74, 6) is 0.582. The minimum Gasteiger partial charge on any atom is -0.394 e. The van der Waals surface area contributed by atoms with Gasteiger partial charge in [0.05, 0.1) is 0 Å². The Bertz CT molecular complexity index is 203. The average molecular weight is 289 g/mol. The lowest BCUT2D eigenvalue weighted by Gasteiger charge is -2.34. The van der Waals surface area contributed by atoms with Crippen LogP contribution < -0.4 is 0 Å². The number of hydrogen-bond donors (Lipinski definition) is 0. The monoisotopic (exact) mass is 288 g/mol. The van der Waals surface area contributed by atoms with E-state index in [2.05, 4.69) is 41.5 Å². The molecular formula is C16H36O2Si. The number of unbranched alkanes of at least 4 members (excludes halogenated alkanes) is 3. The van der Waals surface area contributed by atoms with Gasteiger partial charge in [-0.2, -0.15) is 0 Å². The van der Waals surface area contributed by atoms with Crippen LogP contribution in [-0.4, -0.2) is 21.3 Å². The minimum absolute atomic E-state index is 0.363. The summed E-state index contributed by atoms with van der Waals surface area (Å²) in [6.45, 7) is 14.3. The van der Waals surface area contributed by atoms with Crippen LogP contribution in [0.1, 0.15) is 73.6 Å². The highest BCUT2D eigenvalue weighted by Gasteiger charge is 2.36. The van der Waals surface area contributed by atoms with Gasteiger partial charge in [0.15, 0.2) is 0 Å². The van der Waals surface area contributed by atoms with Crippen molar-refractivity contribution >= 4 is 8.56 Å². The third-order valence-corrected chi connectivity index (χ3v) is 7.57. The van der Waals surface area contributed by atoms with Gasteiger partial charge in [0.2, 0.25) is 0 Å². The summed E-state index contributed by atoms with van der Waals surface area (Å²) in [7, 11) is -1.95. The summed E-state index contributed by atoms with van der Waals surface area (Å²) in [6, 6.07) is 2.14. The molecule has 0 aromatic heterocycles. The molecule has 0 heterocycles. The minimum atomic E-state index is -1.95. The lowest BCUT2D eigenvalue weighted by Crippen LogP contribution is -2.45. The van der Waals surface area contributed by atoms with Gasteiger partial charge in [0.25, 0.3) is 0 Å². The summed E-state index contributed by atoms with van der Waals surface area (Å²) in [5.41, 5.74) is 0. The van der Waals surface area contributed by atoms with Gasteiger partial charge in [0.1, 0.15) is 0 Å². The highest BCUT2D eigenvalue weighted by Crippen LogP contribution is 2.25. The molecule has 19 heavy (non-hydrogen) atoms. The van der Waals surface area contributed by atoms with Gasteiger partial charge in [-0.05, 0) is 30.8 Å². The first-order valence-corrected chi connectivity index (χ1v) is 10.6. The molecule has 0 saturated heterocycles. The Balaban J connectivity index is 4.31. The third kappa shape index (κ3) is 7.47. The van der Waals surface area contributed by atoms with Crippen molar-refractivity contribution in [3.05, 3.63) is 0 Å². The largest absolute Gasteiger partial charge is 0.394 e. The SMILES string of the molecule is CCCCCCO[Si](CC)(CC)OC(CC)C(C)C. The topological polar surface area (TPSA) is 18.5 Å². The van der Waals surface area contributed by atoms with Crippen molar-refractivity contribution < 1.29 is 8.85 Å². The summed E-state index contributed by atoms with van der Waals surface area (Å²) >= 11 is 0. The van der Waals surface area contributed by atoms with Gasteiger partial charge in [-0.25, -0.2) is 0 Å². The summed E-state index contributed by atoms with van der Waals surface area (Å²) in [4.78, 5) is 0. The third-order valence-electron chi connectivity index (χ3n) is 3.95. The molecule has 0 aromatic rings. The molecule has 1 atom stereocenters. The molecule has 2 nitrogen and oxygen atoms in total. The standard InChI is InChI=1S/C16H36O2Si/c1-7-11-12-13-14-17-19(9-3,10-4)18-16(8-2)15(5)6/h15-16H,7-14H2,1-6H3. The maximum atomic E-state index is 6.47. The second-order valence-electron chi connectivity index (χ2n) is 5.84. The Morgan fingerprint density at radius 2 is 1.53 bits per heavy atom. The second-order valence-corrected chi connectivity index (χ2v) is 9.60. The van der Waals surface area contributed by atoms with Crippen LogP contribution >= 0.6 is 0 Å². The molecule has 0 rings (SSSR count). The maximum absolute atomic E-state index is 6.47. The van der Waals surface area contributed by atoms with Gasteiger partial charge >= 0.3 is 8.56 Å². The van der Waals surface area contributed by atoms with Crippen molar-refractivity contribution in [3.8, 4) is 0 Å². The Hall–Kier alpha value is 0.137. The van der Waals surface area contributed by atoms with Crippen molar-refractivity contribution in [2.24, 2.45) is 5.92 Å². The van der Waals surface area contributed by atoms with Gasteiger partial charge in [-0.3, -0.25) is 0 Å². The summed E-state index contributed by atoms with van der Waals surface area (Å²) in [6.07, 6.45) is 6.53. The van der Waals surface area contributed by atoms with Crippen LogP contribution in [0.4, 0.5) is 0 Å². The quantitative estimate of drug-likeness (QED) is 0.348. The molecule has 0 fully saturated rings. The van der Waals surface area contributed by atoms with E-state index in [1.807, 2.05) is 0 Å². The van der Waals surface area contributed by atoms with E-state index in [4.69, 9.17) is 8.85 Å². The van der Waals surface area contributed by atoms with Crippen LogP contribution in [0.25, 0.3) is 0 Å². The predicted octanol–water partition coefficient (Wildman–Crippen LogP) is 5.52. The van der Waals surface area contributed by atoms with Crippen molar-refractivity contribution in [2.45, 2.75) is 91.8 Å². The molecule has 0 saturated carbocycles. The van der Waals surface area contributed by atoms with Crippen LogP contribution in [0.15, 0.2) is 0 Å². The zero-order valence-corrected chi connectivity index (χ0v) is 15.1. The second kappa shape index (κ2) is 10.9. The van der Waals surface area contributed by atoms with E-state index < -0.39 is 8.56 Å². The van der Waals surface area contributed by atoms with Crippen molar-refractivity contribution in [1.82, 2.24) is 0 Å². The van der Waals surface area contributed by atoms with E-state index in [9.17, 15) is 0 Å². The highest BCUT2D eigenvalue weighted by atomic mass is 28.4. The number of rotatable bonds is 12. The van der Waals surface area contributed by atoms with E-state index in [1.54, 1.807) is 0 Å². The normalized spacial score (nSPS) is 14.1. The van der Waals surface area contributed by atoms with E-state index >= 15 is 0 Å². The summed E-state index contributed by atoms with van der Waals surface area (Å²) < 4.78 is 12.7. The van der Waals surface area contributed by atoms with Crippen LogP contribution in [0.2, 0.25) is 12.1 Å². The van der Waals surface area contributed by atoms with Crippen molar-refractivity contribution in [3.63, 3.8) is 0 Å². The first-order chi connectivity index (χ1) is 9.05. The van der Waals surface area contributed by atoms with Gasteiger partial charge in [-0.1, -0.05) is 60.8 Å². The molecule has 0 radical (unpaired) electrons. The van der Waals surface area contributed by atoms with Crippen molar-refractivity contribution in [2.75, 3.05) is 6.61 Å². The zero-order valence-electron chi connectivity index (χ0n) is 14.1. The predicted molar refractivity (Wildman–Crippen MR) is 86.8 cm³/mol. The van der Waals surface area contributed by atoms with Gasteiger partial charge < -0.3 is 8.85 Å². The molecule has 0 N–H and O–H groups in total. The molecule has 0 aromatic carbocycles. The van der Waals surface area contributed by atoms with E-state index in [1.165, 1.54) is 25.7 Å². The van der Waals surface area contributed by atoms with Crippen LogP contribution in [0.3, 0.4) is 0 Å². The van der Waals surface area contributed by atoms with E-state index in [0.29, 0.717) is 12.0 Å². The summed E-state index contributed by atoms with van der Waals surface area (Å²) in [5, 5.41) is 0. The fourth-order valence-corrected chi connectivity index (χ4v) is 5.23. The molecule has 3 heteroatoms. The molecule has 0 bridgehead atoms. The molecule has 1 unspecified atom stereocenters. The first-order valence-electron chi connectivity index (χ1n) is 8.36. The zero-order chi connectivity index (χ0) is 14.7. The van der Waals surface area contributed by atoms with Gasteiger partial charge in [-0.15, -0.1) is 0 Å². The van der Waals surface area contributed by atoms with E-state index in [-0.39, 0.29) is 0 Å². The average Bonchev–Trinajstić information content (AvgIpc) is 2.42. The highest BCUT2D eigenvalue weighted by molar-refractivity contribution is 6.67. The fourth-order valence-electron chi connectivity index (χ4n) is 2.41. The van der Waals surface area contributed by atoms with Crippen LogP contribution in [0.5, 0.6) is 0 Å².